The SMILES string of the molecule is COC(=O)c1sc2nc(C)nc(N3CCCC3CSC)c2c1C. The van der Waals surface area contributed by atoms with Crippen LogP contribution in [-0.2, 0) is 4.74 Å². The number of ether oxygens (including phenoxy) is 1. The molecule has 1 aliphatic heterocycles. The van der Waals surface area contributed by atoms with Gasteiger partial charge in [-0.15, -0.1) is 11.3 Å². The Bertz CT molecular complexity index is 744. The van der Waals surface area contributed by atoms with Gasteiger partial charge in [-0.1, -0.05) is 0 Å². The number of nitrogens with zero attached hydrogens (tertiary/aromatic N) is 3. The van der Waals surface area contributed by atoms with Gasteiger partial charge in [0.2, 0.25) is 0 Å². The third-order valence-electron chi connectivity index (χ3n) is 4.26. The molecule has 2 aromatic heterocycles. The van der Waals surface area contributed by atoms with Gasteiger partial charge in [0, 0.05) is 18.3 Å². The molecule has 2 aromatic rings. The highest BCUT2D eigenvalue weighted by atomic mass is 32.2. The zero-order valence-corrected chi connectivity index (χ0v) is 15.5. The fourth-order valence-electron chi connectivity index (χ4n) is 3.20. The Morgan fingerprint density at radius 3 is 2.91 bits per heavy atom. The van der Waals surface area contributed by atoms with Crippen LogP contribution in [0.2, 0.25) is 0 Å². The van der Waals surface area contributed by atoms with Crippen LogP contribution in [0.15, 0.2) is 0 Å². The fourth-order valence-corrected chi connectivity index (χ4v) is 5.07. The lowest BCUT2D eigenvalue weighted by atomic mass is 10.2. The molecule has 1 fully saturated rings. The number of rotatable bonds is 4. The smallest absolute Gasteiger partial charge is 0.348 e. The number of esters is 1. The van der Waals surface area contributed by atoms with E-state index in [0.29, 0.717) is 10.9 Å². The van der Waals surface area contributed by atoms with Crippen LogP contribution >= 0.6 is 23.1 Å². The molecule has 3 rings (SSSR count). The van der Waals surface area contributed by atoms with E-state index in [0.717, 1.165) is 39.7 Å². The van der Waals surface area contributed by atoms with Gasteiger partial charge in [-0.05, 0) is 38.5 Å². The minimum atomic E-state index is -0.295. The molecular formula is C16H21N3O2S2. The van der Waals surface area contributed by atoms with Gasteiger partial charge in [-0.2, -0.15) is 11.8 Å². The highest BCUT2D eigenvalue weighted by Gasteiger charge is 2.29. The number of aromatic nitrogens is 2. The molecule has 7 heteroatoms. The second kappa shape index (κ2) is 6.65. The van der Waals surface area contributed by atoms with Crippen molar-refractivity contribution in [3.05, 3.63) is 16.3 Å². The standard InChI is InChI=1S/C16H21N3O2S2/c1-9-12-14(19-7-5-6-11(19)8-22-4)17-10(2)18-15(12)23-13(9)16(20)21-3/h11H,5-8H2,1-4H3. The minimum Gasteiger partial charge on any atom is -0.465 e. The van der Waals surface area contributed by atoms with E-state index < -0.39 is 0 Å². The molecule has 5 nitrogen and oxygen atoms in total. The fraction of sp³-hybridized carbons (Fsp3) is 0.562. The van der Waals surface area contributed by atoms with E-state index in [1.165, 1.54) is 31.3 Å². The summed E-state index contributed by atoms with van der Waals surface area (Å²) < 4.78 is 4.91. The second-order valence-corrected chi connectivity index (χ2v) is 7.68. The number of anilines is 1. The van der Waals surface area contributed by atoms with E-state index in [2.05, 4.69) is 16.1 Å². The molecule has 124 valence electrons. The van der Waals surface area contributed by atoms with Crippen LogP contribution in [0, 0.1) is 13.8 Å². The first kappa shape index (κ1) is 16.5. The molecule has 1 unspecified atom stereocenters. The molecule has 0 radical (unpaired) electrons. The monoisotopic (exact) mass is 351 g/mol. The number of thioether (sulfide) groups is 1. The Morgan fingerprint density at radius 2 is 2.22 bits per heavy atom. The predicted octanol–water partition coefficient (Wildman–Crippen LogP) is 3.43. The average molecular weight is 351 g/mol. The Kier molecular flexibility index (Phi) is 4.77. The summed E-state index contributed by atoms with van der Waals surface area (Å²) in [6.07, 6.45) is 4.52. The highest BCUT2D eigenvalue weighted by molar-refractivity contribution is 7.98. The summed E-state index contributed by atoms with van der Waals surface area (Å²) in [5.41, 5.74) is 0.932. The van der Waals surface area contributed by atoms with Crippen LogP contribution in [0.4, 0.5) is 5.82 Å². The summed E-state index contributed by atoms with van der Waals surface area (Å²) in [5, 5.41) is 1.01. The molecule has 0 spiro atoms. The molecule has 0 aliphatic carbocycles. The lowest BCUT2D eigenvalue weighted by Crippen LogP contribution is -2.32. The zero-order chi connectivity index (χ0) is 16.6. The van der Waals surface area contributed by atoms with E-state index in [-0.39, 0.29) is 5.97 Å². The van der Waals surface area contributed by atoms with E-state index in [1.807, 2.05) is 25.6 Å². The minimum absolute atomic E-state index is 0.295. The quantitative estimate of drug-likeness (QED) is 0.787. The van der Waals surface area contributed by atoms with Gasteiger partial charge >= 0.3 is 5.97 Å². The van der Waals surface area contributed by atoms with Crippen LogP contribution in [-0.4, -0.2) is 47.6 Å². The molecule has 1 atom stereocenters. The molecule has 23 heavy (non-hydrogen) atoms. The van der Waals surface area contributed by atoms with E-state index in [9.17, 15) is 4.79 Å². The summed E-state index contributed by atoms with van der Waals surface area (Å²) >= 11 is 3.27. The van der Waals surface area contributed by atoms with Crippen molar-refractivity contribution < 1.29 is 9.53 Å². The van der Waals surface area contributed by atoms with E-state index >= 15 is 0 Å². The van der Waals surface area contributed by atoms with Crippen LogP contribution < -0.4 is 4.90 Å². The lowest BCUT2D eigenvalue weighted by molar-refractivity contribution is 0.0605. The van der Waals surface area contributed by atoms with Crippen molar-refractivity contribution in [2.24, 2.45) is 0 Å². The van der Waals surface area contributed by atoms with Gasteiger partial charge in [0.1, 0.15) is 21.3 Å². The van der Waals surface area contributed by atoms with E-state index in [4.69, 9.17) is 9.72 Å². The van der Waals surface area contributed by atoms with Gasteiger partial charge < -0.3 is 9.64 Å². The summed E-state index contributed by atoms with van der Waals surface area (Å²) in [6, 6.07) is 0.503. The molecule has 0 amide bonds. The molecule has 3 heterocycles. The summed E-state index contributed by atoms with van der Waals surface area (Å²) in [5.74, 6) is 2.53. The number of thiophene rings is 1. The van der Waals surface area contributed by atoms with Crippen LogP contribution in [0.25, 0.3) is 10.2 Å². The van der Waals surface area contributed by atoms with Crippen molar-refractivity contribution in [2.75, 3.05) is 30.6 Å². The molecule has 1 aliphatic rings. The first-order valence-electron chi connectivity index (χ1n) is 7.68. The maximum absolute atomic E-state index is 12.0. The van der Waals surface area contributed by atoms with Crippen molar-refractivity contribution in [1.29, 1.82) is 0 Å². The maximum Gasteiger partial charge on any atom is 0.348 e. The zero-order valence-electron chi connectivity index (χ0n) is 13.9. The molecule has 0 bridgehead atoms. The number of fused-ring (bicyclic) bond motifs is 1. The van der Waals surface area contributed by atoms with E-state index in [1.54, 1.807) is 0 Å². The van der Waals surface area contributed by atoms with Crippen LogP contribution in [0.1, 0.15) is 33.9 Å². The first-order chi connectivity index (χ1) is 11.1. The third kappa shape index (κ3) is 2.92. The predicted molar refractivity (Wildman–Crippen MR) is 97.0 cm³/mol. The number of hydrogen-bond acceptors (Lipinski definition) is 7. The van der Waals surface area contributed by atoms with Crippen molar-refractivity contribution >= 4 is 45.1 Å². The first-order valence-corrected chi connectivity index (χ1v) is 9.89. The molecule has 1 saturated heterocycles. The molecule has 0 saturated carbocycles. The molecule has 0 aromatic carbocycles. The number of carbonyl (C=O) groups excluding carboxylic acids is 1. The normalized spacial score (nSPS) is 17.9. The van der Waals surface area contributed by atoms with Crippen LogP contribution in [0.3, 0.4) is 0 Å². The van der Waals surface area contributed by atoms with Gasteiger partial charge in [0.05, 0.1) is 12.5 Å². The number of methoxy groups -OCH3 is 1. The van der Waals surface area contributed by atoms with Gasteiger partial charge in [0.25, 0.3) is 0 Å². The largest absolute Gasteiger partial charge is 0.465 e. The highest BCUT2D eigenvalue weighted by Crippen LogP contribution is 2.38. The molecular weight excluding hydrogens is 330 g/mol. The summed E-state index contributed by atoms with van der Waals surface area (Å²) in [6.45, 7) is 4.89. The van der Waals surface area contributed by atoms with Gasteiger partial charge in [-0.25, -0.2) is 14.8 Å². The Hall–Kier alpha value is -1.34. The third-order valence-corrected chi connectivity index (χ3v) is 6.15. The Balaban J connectivity index is 2.16. The topological polar surface area (TPSA) is 55.3 Å². The van der Waals surface area contributed by atoms with Crippen molar-refractivity contribution in [1.82, 2.24) is 9.97 Å². The summed E-state index contributed by atoms with van der Waals surface area (Å²) in [7, 11) is 1.42. The van der Waals surface area contributed by atoms with Crippen molar-refractivity contribution in [2.45, 2.75) is 32.7 Å². The van der Waals surface area contributed by atoms with Gasteiger partial charge in [-0.3, -0.25) is 0 Å². The lowest BCUT2D eigenvalue weighted by Gasteiger charge is -2.26. The maximum atomic E-state index is 12.0. The number of hydrogen-bond donors (Lipinski definition) is 0. The Labute approximate surface area is 144 Å². The number of aryl methyl sites for hydroxylation is 2. The second-order valence-electron chi connectivity index (χ2n) is 5.77. The van der Waals surface area contributed by atoms with Crippen LogP contribution in [0.5, 0.6) is 0 Å². The number of carbonyl (C=O) groups is 1. The Morgan fingerprint density at radius 1 is 1.43 bits per heavy atom. The average Bonchev–Trinajstić information content (AvgIpc) is 3.11. The summed E-state index contributed by atoms with van der Waals surface area (Å²) in [4.78, 5) is 25.2. The molecule has 0 N–H and O–H groups in total. The van der Waals surface area contributed by atoms with Crippen molar-refractivity contribution in [3.63, 3.8) is 0 Å². The van der Waals surface area contributed by atoms with Gasteiger partial charge in [0.15, 0.2) is 0 Å². The van der Waals surface area contributed by atoms with Crippen molar-refractivity contribution in [3.8, 4) is 0 Å².